The van der Waals surface area contributed by atoms with E-state index in [0.29, 0.717) is 22.5 Å². The average Bonchev–Trinajstić information content (AvgIpc) is 3.60. The molecule has 0 aliphatic heterocycles. The van der Waals surface area contributed by atoms with Gasteiger partial charge in [-0.15, -0.1) is 11.3 Å². The minimum Gasteiger partial charge on any atom is -0.496 e. The number of nitrogens with one attached hydrogen (secondary N) is 1. The van der Waals surface area contributed by atoms with Crippen molar-refractivity contribution in [1.82, 2.24) is 9.55 Å². The Morgan fingerprint density at radius 3 is 2.40 bits per heavy atom. The molecule has 4 aromatic rings. The van der Waals surface area contributed by atoms with Crippen LogP contribution in [-0.4, -0.2) is 42.8 Å². The first-order valence-electron chi connectivity index (χ1n) is 14.9. The normalized spacial score (nSPS) is 14.5. The fourth-order valence-corrected chi connectivity index (χ4v) is 7.39. The van der Waals surface area contributed by atoms with Crippen LogP contribution >= 0.6 is 11.3 Å². The Morgan fingerprint density at radius 2 is 1.72 bits per heavy atom. The molecule has 5 rings (SSSR count). The molecule has 2 heterocycles. The molecule has 228 valence electrons. The highest BCUT2D eigenvalue weighted by Crippen LogP contribution is 2.46. The topological polar surface area (TPSA) is 91.7 Å². The van der Waals surface area contributed by atoms with Gasteiger partial charge >= 0.3 is 5.97 Å². The molecule has 0 radical (unpaired) electrons. The van der Waals surface area contributed by atoms with E-state index in [-0.39, 0.29) is 18.4 Å². The van der Waals surface area contributed by atoms with E-state index in [1.165, 1.54) is 50.6 Å². The lowest BCUT2D eigenvalue weighted by atomic mass is 9.79. The molecular weight excluding hydrogens is 562 g/mol. The Hall–Kier alpha value is -3.85. The summed E-state index contributed by atoms with van der Waals surface area (Å²) in [6, 6.07) is 9.74. The molecule has 1 saturated carbocycles. The highest BCUT2D eigenvalue weighted by atomic mass is 32.1. The molecule has 1 unspecified atom stereocenters. The number of nitrogens with zero attached hydrogens (tertiary/aromatic N) is 2. The summed E-state index contributed by atoms with van der Waals surface area (Å²) in [7, 11) is 4.67. The molecule has 1 fully saturated rings. The second-order valence-electron chi connectivity index (χ2n) is 11.5. The zero-order chi connectivity index (χ0) is 30.8. The molecule has 1 N–H and O–H groups in total. The molecule has 1 amide bonds. The summed E-state index contributed by atoms with van der Waals surface area (Å²) in [6.45, 7) is 8.25. The molecule has 0 spiro atoms. The second kappa shape index (κ2) is 12.8. The van der Waals surface area contributed by atoms with E-state index in [0.717, 1.165) is 49.5 Å². The van der Waals surface area contributed by atoms with Crippen LogP contribution in [0.15, 0.2) is 30.3 Å². The molecule has 1 atom stereocenters. The van der Waals surface area contributed by atoms with Gasteiger partial charge < -0.3 is 18.8 Å². The number of ether oxygens (including phenoxy) is 3. The lowest BCUT2D eigenvalue weighted by Crippen LogP contribution is -2.20. The molecule has 9 heteroatoms. The van der Waals surface area contributed by atoms with Crippen LogP contribution in [0.5, 0.6) is 11.5 Å². The number of hydrogen-bond donors (Lipinski definition) is 1. The number of carbonyl (C=O) groups excluding carboxylic acids is 2. The summed E-state index contributed by atoms with van der Waals surface area (Å²) in [5.74, 6) is 1.51. The van der Waals surface area contributed by atoms with Crippen molar-refractivity contribution in [3.63, 3.8) is 0 Å². The zero-order valence-corrected chi connectivity index (χ0v) is 26.9. The predicted molar refractivity (Wildman–Crippen MR) is 172 cm³/mol. The maximum Gasteiger partial charge on any atom is 0.325 e. The SMILES string of the molecule is COC(=O)Cn1c(C(=O)Nc2nc(-c3cc(OC)c(C)cc3OC)c(C(C)C3CCCCC3)s2)cc2c(C)c(C)ccc21. The number of aromatic nitrogens is 2. The summed E-state index contributed by atoms with van der Waals surface area (Å²) in [6.07, 6.45) is 6.11. The first-order valence-corrected chi connectivity index (χ1v) is 15.7. The number of benzene rings is 2. The number of fused-ring (bicyclic) bond motifs is 1. The zero-order valence-electron chi connectivity index (χ0n) is 26.1. The number of thiazole rings is 1. The van der Waals surface area contributed by atoms with Crippen molar-refractivity contribution in [1.29, 1.82) is 0 Å². The number of anilines is 1. The van der Waals surface area contributed by atoms with Crippen molar-refractivity contribution in [2.45, 2.75) is 72.3 Å². The van der Waals surface area contributed by atoms with Gasteiger partial charge in [0.15, 0.2) is 5.13 Å². The number of esters is 1. The van der Waals surface area contributed by atoms with Crippen LogP contribution in [0, 0.1) is 26.7 Å². The Morgan fingerprint density at radius 1 is 1.00 bits per heavy atom. The fourth-order valence-electron chi connectivity index (χ4n) is 6.27. The van der Waals surface area contributed by atoms with E-state index in [4.69, 9.17) is 19.2 Å². The van der Waals surface area contributed by atoms with Gasteiger partial charge in [-0.05, 0) is 86.4 Å². The third-order valence-electron chi connectivity index (χ3n) is 8.99. The summed E-state index contributed by atoms with van der Waals surface area (Å²) in [5.41, 5.74) is 5.97. The van der Waals surface area contributed by atoms with Crippen molar-refractivity contribution >= 4 is 39.2 Å². The number of amides is 1. The Labute approximate surface area is 257 Å². The third kappa shape index (κ3) is 6.00. The molecule has 1 aliphatic carbocycles. The molecule has 1 aliphatic rings. The van der Waals surface area contributed by atoms with Gasteiger partial charge in [-0.2, -0.15) is 0 Å². The quantitative estimate of drug-likeness (QED) is 0.196. The number of hydrogen-bond acceptors (Lipinski definition) is 7. The molecular formula is C34H41N3O5S. The highest BCUT2D eigenvalue weighted by Gasteiger charge is 2.29. The van der Waals surface area contributed by atoms with Gasteiger partial charge in [0.2, 0.25) is 0 Å². The van der Waals surface area contributed by atoms with Crippen LogP contribution in [0.1, 0.15) is 77.0 Å². The summed E-state index contributed by atoms with van der Waals surface area (Å²) < 4.78 is 18.2. The number of methoxy groups -OCH3 is 3. The van der Waals surface area contributed by atoms with Crippen LogP contribution in [-0.2, 0) is 16.1 Å². The van der Waals surface area contributed by atoms with E-state index < -0.39 is 5.97 Å². The first kappa shape index (κ1) is 30.6. The van der Waals surface area contributed by atoms with Gasteiger partial charge in [-0.25, -0.2) is 4.98 Å². The van der Waals surface area contributed by atoms with Gasteiger partial charge in [-0.3, -0.25) is 14.9 Å². The largest absolute Gasteiger partial charge is 0.496 e. The van der Waals surface area contributed by atoms with E-state index in [1.807, 2.05) is 51.1 Å². The first-order chi connectivity index (χ1) is 20.7. The van der Waals surface area contributed by atoms with E-state index in [9.17, 15) is 9.59 Å². The Balaban J connectivity index is 1.59. The smallest absolute Gasteiger partial charge is 0.325 e. The summed E-state index contributed by atoms with van der Waals surface area (Å²) in [4.78, 5) is 32.4. The van der Waals surface area contributed by atoms with E-state index >= 15 is 0 Å². The van der Waals surface area contributed by atoms with Crippen molar-refractivity contribution in [3.05, 3.63) is 57.6 Å². The van der Waals surface area contributed by atoms with E-state index in [2.05, 4.69) is 12.2 Å². The maximum absolute atomic E-state index is 13.9. The maximum atomic E-state index is 13.9. The van der Waals surface area contributed by atoms with Crippen LogP contribution in [0.25, 0.3) is 22.2 Å². The van der Waals surface area contributed by atoms with Crippen molar-refractivity contribution in [3.8, 4) is 22.8 Å². The molecule has 0 saturated heterocycles. The Bertz CT molecular complexity index is 1660. The number of rotatable bonds is 9. The average molecular weight is 604 g/mol. The Kier molecular flexibility index (Phi) is 9.11. The summed E-state index contributed by atoms with van der Waals surface area (Å²) >= 11 is 1.51. The summed E-state index contributed by atoms with van der Waals surface area (Å²) in [5, 5.41) is 4.50. The molecule has 43 heavy (non-hydrogen) atoms. The lowest BCUT2D eigenvalue weighted by Gasteiger charge is -2.27. The van der Waals surface area contributed by atoms with Gasteiger partial charge in [0.25, 0.3) is 5.91 Å². The monoisotopic (exact) mass is 603 g/mol. The van der Waals surface area contributed by atoms with Crippen LogP contribution < -0.4 is 14.8 Å². The standard InChI is InChI=1S/C34H41N3O5S/c1-19-13-14-26-24(21(19)3)16-27(37(26)18-30(38)42-7)33(39)36-34-35-31(25-17-28(40-5)20(2)15-29(25)41-6)32(43-34)22(4)23-11-9-8-10-12-23/h13-17,22-23H,8-12,18H2,1-7H3,(H,35,36,39). The van der Waals surface area contributed by atoms with Gasteiger partial charge in [0, 0.05) is 21.3 Å². The van der Waals surface area contributed by atoms with Crippen molar-refractivity contribution in [2.24, 2.45) is 5.92 Å². The van der Waals surface area contributed by atoms with Crippen LogP contribution in [0.2, 0.25) is 0 Å². The minimum absolute atomic E-state index is 0.0707. The van der Waals surface area contributed by atoms with E-state index in [1.54, 1.807) is 18.8 Å². The molecule has 2 aromatic heterocycles. The van der Waals surface area contributed by atoms with Crippen molar-refractivity contribution in [2.75, 3.05) is 26.6 Å². The molecule has 2 aromatic carbocycles. The van der Waals surface area contributed by atoms with Gasteiger partial charge in [-0.1, -0.05) is 32.3 Å². The fraction of sp³-hybridized carbons (Fsp3) is 0.441. The van der Waals surface area contributed by atoms with Gasteiger partial charge in [0.1, 0.15) is 23.7 Å². The predicted octanol–water partition coefficient (Wildman–Crippen LogP) is 7.82. The van der Waals surface area contributed by atoms with Crippen LogP contribution in [0.4, 0.5) is 5.13 Å². The van der Waals surface area contributed by atoms with Gasteiger partial charge in [0.05, 0.1) is 27.0 Å². The highest BCUT2D eigenvalue weighted by molar-refractivity contribution is 7.16. The molecule has 0 bridgehead atoms. The number of aryl methyl sites for hydroxylation is 3. The van der Waals surface area contributed by atoms with Crippen LogP contribution in [0.3, 0.4) is 0 Å². The number of carbonyl (C=O) groups is 2. The lowest BCUT2D eigenvalue weighted by molar-refractivity contribution is -0.141. The second-order valence-corrected chi connectivity index (χ2v) is 12.6. The minimum atomic E-state index is -0.426. The molecule has 8 nitrogen and oxygen atoms in total. The third-order valence-corrected chi connectivity index (χ3v) is 10.2. The van der Waals surface area contributed by atoms with Crippen molar-refractivity contribution < 1.29 is 23.8 Å².